The van der Waals surface area contributed by atoms with E-state index in [4.69, 9.17) is 21.3 Å². The zero-order valence-corrected chi connectivity index (χ0v) is 18.5. The smallest absolute Gasteiger partial charge is 0.266 e. The summed E-state index contributed by atoms with van der Waals surface area (Å²) in [5.74, 6) is 0.695. The largest absolute Gasteiger partial charge is 0.383 e. The van der Waals surface area contributed by atoms with Crippen LogP contribution in [0.2, 0.25) is 5.02 Å². The molecular weight excluding hydrogens is 414 g/mol. The molecule has 1 amide bonds. The van der Waals surface area contributed by atoms with Crippen LogP contribution in [0, 0.1) is 5.92 Å². The lowest BCUT2D eigenvalue weighted by Crippen LogP contribution is -2.41. The van der Waals surface area contributed by atoms with E-state index in [0.29, 0.717) is 47.0 Å². The molecule has 1 saturated carbocycles. The first-order valence-electron chi connectivity index (χ1n) is 10.6. The maximum Gasteiger partial charge on any atom is 0.266 e. The fraction of sp³-hybridized carbons (Fsp3) is 0.375. The number of nitrogens with zero attached hydrogens (tertiary/aromatic N) is 3. The van der Waals surface area contributed by atoms with Crippen molar-refractivity contribution in [2.75, 3.05) is 20.3 Å². The van der Waals surface area contributed by atoms with Gasteiger partial charge in [-0.1, -0.05) is 36.7 Å². The van der Waals surface area contributed by atoms with E-state index in [9.17, 15) is 9.59 Å². The van der Waals surface area contributed by atoms with Gasteiger partial charge in [0.2, 0.25) is 5.91 Å². The molecule has 1 atom stereocenters. The number of ether oxygens (including phenoxy) is 1. The van der Waals surface area contributed by atoms with Crippen molar-refractivity contribution in [2.24, 2.45) is 5.92 Å². The van der Waals surface area contributed by atoms with E-state index < -0.39 is 0 Å². The summed E-state index contributed by atoms with van der Waals surface area (Å²) >= 11 is 6.25. The molecule has 0 aliphatic heterocycles. The van der Waals surface area contributed by atoms with E-state index in [1.54, 1.807) is 29.9 Å². The van der Waals surface area contributed by atoms with Gasteiger partial charge in [-0.3, -0.25) is 14.2 Å². The van der Waals surface area contributed by atoms with Crippen molar-refractivity contribution in [3.63, 3.8) is 0 Å². The first-order valence-corrected chi connectivity index (χ1v) is 11.0. The van der Waals surface area contributed by atoms with Gasteiger partial charge in [0, 0.05) is 24.6 Å². The van der Waals surface area contributed by atoms with Crippen molar-refractivity contribution in [1.29, 1.82) is 0 Å². The molecule has 162 valence electrons. The molecule has 31 heavy (non-hydrogen) atoms. The Bertz CT molecular complexity index is 1160. The molecule has 2 aromatic carbocycles. The summed E-state index contributed by atoms with van der Waals surface area (Å²) in [5, 5.41) is 1.06. The third-order valence-corrected chi connectivity index (χ3v) is 5.91. The van der Waals surface area contributed by atoms with Crippen LogP contribution < -0.4 is 5.56 Å². The van der Waals surface area contributed by atoms with Crippen molar-refractivity contribution in [3.05, 3.63) is 69.7 Å². The number of hydrogen-bond acceptors (Lipinski definition) is 4. The topological polar surface area (TPSA) is 64.4 Å². The van der Waals surface area contributed by atoms with Crippen LogP contribution in [0.15, 0.2) is 53.3 Å². The van der Waals surface area contributed by atoms with E-state index >= 15 is 0 Å². The summed E-state index contributed by atoms with van der Waals surface area (Å²) in [6.45, 7) is 2.88. The van der Waals surface area contributed by atoms with E-state index in [1.807, 2.05) is 42.2 Å². The van der Waals surface area contributed by atoms with Gasteiger partial charge in [0.15, 0.2) is 0 Å². The number of methoxy groups -OCH3 is 1. The van der Waals surface area contributed by atoms with Crippen molar-refractivity contribution in [1.82, 2.24) is 14.5 Å². The van der Waals surface area contributed by atoms with Gasteiger partial charge in [-0.05, 0) is 49.6 Å². The molecule has 0 spiro atoms. The average Bonchev–Trinajstić information content (AvgIpc) is 3.62. The van der Waals surface area contributed by atoms with E-state index in [1.165, 1.54) is 0 Å². The number of hydrogen-bond donors (Lipinski definition) is 0. The second kappa shape index (κ2) is 9.20. The van der Waals surface area contributed by atoms with Gasteiger partial charge in [0.1, 0.15) is 5.82 Å². The van der Waals surface area contributed by atoms with Gasteiger partial charge in [-0.15, -0.1) is 0 Å². The Balaban J connectivity index is 1.93. The van der Waals surface area contributed by atoms with Crippen LogP contribution in [0.3, 0.4) is 0 Å². The van der Waals surface area contributed by atoms with Gasteiger partial charge < -0.3 is 9.64 Å². The first-order chi connectivity index (χ1) is 15.0. The second-order valence-corrected chi connectivity index (χ2v) is 8.27. The standard InChI is InChI=1S/C24H26ClN3O3/c1-3-21(27(13-14-31-2)23(29)16-11-12-16)22-26-20-10-5-4-9-19(20)24(30)28(22)18-8-6-7-17(25)15-18/h4-10,15-16,21H,3,11-14H2,1-2H3. The molecule has 3 aromatic rings. The Morgan fingerprint density at radius 1 is 1.26 bits per heavy atom. The maximum atomic E-state index is 13.6. The zero-order valence-electron chi connectivity index (χ0n) is 17.8. The number of amides is 1. The average molecular weight is 440 g/mol. The molecule has 1 aliphatic carbocycles. The lowest BCUT2D eigenvalue weighted by molar-refractivity contribution is -0.136. The number of fused-ring (bicyclic) bond motifs is 1. The number of benzene rings is 2. The number of carbonyl (C=O) groups excluding carboxylic acids is 1. The van der Waals surface area contributed by atoms with Gasteiger partial charge in [-0.25, -0.2) is 4.98 Å². The van der Waals surface area contributed by atoms with Crippen LogP contribution in [0.4, 0.5) is 0 Å². The SMILES string of the molecule is CCC(c1nc2ccccc2c(=O)n1-c1cccc(Cl)c1)N(CCOC)C(=O)C1CC1. The number of carbonyl (C=O) groups is 1. The third-order valence-electron chi connectivity index (χ3n) is 5.67. The van der Waals surface area contributed by atoms with Gasteiger partial charge in [-0.2, -0.15) is 0 Å². The second-order valence-electron chi connectivity index (χ2n) is 7.83. The minimum Gasteiger partial charge on any atom is -0.383 e. The summed E-state index contributed by atoms with van der Waals surface area (Å²) in [4.78, 5) is 33.5. The minimum absolute atomic E-state index is 0.0534. The molecule has 0 saturated heterocycles. The summed E-state index contributed by atoms with van der Waals surface area (Å²) in [7, 11) is 1.62. The minimum atomic E-state index is -0.362. The van der Waals surface area contributed by atoms with Gasteiger partial charge in [0.25, 0.3) is 5.56 Å². The highest BCUT2D eigenvalue weighted by atomic mass is 35.5. The zero-order chi connectivity index (χ0) is 22.0. The van der Waals surface area contributed by atoms with E-state index in [2.05, 4.69) is 0 Å². The molecule has 0 bridgehead atoms. The van der Waals surface area contributed by atoms with E-state index in [0.717, 1.165) is 12.8 Å². The summed E-state index contributed by atoms with van der Waals surface area (Å²) in [6, 6.07) is 14.1. The summed E-state index contributed by atoms with van der Waals surface area (Å²) in [6.07, 6.45) is 2.43. The Labute approximate surface area is 186 Å². The molecule has 0 N–H and O–H groups in total. The monoisotopic (exact) mass is 439 g/mol. The summed E-state index contributed by atoms with van der Waals surface area (Å²) in [5.41, 5.74) is 1.08. The fourth-order valence-electron chi connectivity index (χ4n) is 3.95. The van der Waals surface area contributed by atoms with Crippen LogP contribution >= 0.6 is 11.6 Å². The lowest BCUT2D eigenvalue weighted by Gasteiger charge is -2.32. The molecule has 1 aliphatic rings. The normalized spacial score (nSPS) is 14.5. The van der Waals surface area contributed by atoms with Gasteiger partial charge >= 0.3 is 0 Å². The molecule has 4 rings (SSSR count). The molecule has 1 fully saturated rings. The lowest BCUT2D eigenvalue weighted by atomic mass is 10.1. The molecule has 7 heteroatoms. The Morgan fingerprint density at radius 2 is 2.03 bits per heavy atom. The maximum absolute atomic E-state index is 13.6. The van der Waals surface area contributed by atoms with Crippen molar-refractivity contribution >= 4 is 28.4 Å². The van der Waals surface area contributed by atoms with Crippen LogP contribution in [-0.4, -0.2) is 40.6 Å². The van der Waals surface area contributed by atoms with Crippen molar-refractivity contribution < 1.29 is 9.53 Å². The van der Waals surface area contributed by atoms with Crippen LogP contribution in [0.25, 0.3) is 16.6 Å². The Morgan fingerprint density at radius 3 is 2.71 bits per heavy atom. The quantitative estimate of drug-likeness (QED) is 0.522. The van der Waals surface area contributed by atoms with Gasteiger partial charge in [0.05, 0.1) is 29.2 Å². The van der Waals surface area contributed by atoms with Crippen molar-refractivity contribution in [3.8, 4) is 5.69 Å². The highest BCUT2D eigenvalue weighted by molar-refractivity contribution is 6.30. The van der Waals surface area contributed by atoms with Crippen molar-refractivity contribution in [2.45, 2.75) is 32.2 Å². The fourth-order valence-corrected chi connectivity index (χ4v) is 4.14. The van der Waals surface area contributed by atoms with E-state index in [-0.39, 0.29) is 23.4 Å². The highest BCUT2D eigenvalue weighted by Crippen LogP contribution is 2.35. The molecule has 0 radical (unpaired) electrons. The predicted molar refractivity (Wildman–Crippen MR) is 122 cm³/mol. The first kappa shape index (κ1) is 21.5. The molecule has 1 aromatic heterocycles. The Hall–Kier alpha value is -2.70. The molecule has 1 heterocycles. The molecule has 6 nitrogen and oxygen atoms in total. The van der Waals surface area contributed by atoms with Crippen LogP contribution in [0.5, 0.6) is 0 Å². The number of rotatable bonds is 8. The summed E-state index contributed by atoms with van der Waals surface area (Å²) < 4.78 is 6.88. The number of para-hydroxylation sites is 1. The van der Waals surface area contributed by atoms with Crippen LogP contribution in [0.1, 0.15) is 38.1 Å². The number of halogens is 1. The molecular formula is C24H26ClN3O3. The molecule has 1 unspecified atom stereocenters. The highest BCUT2D eigenvalue weighted by Gasteiger charge is 2.37. The third kappa shape index (κ3) is 4.36. The number of aromatic nitrogens is 2. The Kier molecular flexibility index (Phi) is 6.39. The van der Waals surface area contributed by atoms with Crippen LogP contribution in [-0.2, 0) is 9.53 Å². The predicted octanol–water partition coefficient (Wildman–Crippen LogP) is 4.38.